The number of fused-ring (bicyclic) bond motifs is 1. The normalized spacial score (nSPS) is 11.1. The Balaban J connectivity index is 1.80. The SMILES string of the molecule is COc1ccc(C)cc1N=Nc1c(O)c(C(=O)Nc2cc(Cl)ccc2OC)cc2ccccc12. The number of hydrogen-bond acceptors (Lipinski definition) is 6. The number of carbonyl (C=O) groups is 1. The number of benzene rings is 4. The van der Waals surface area contributed by atoms with Crippen molar-refractivity contribution in [1.82, 2.24) is 0 Å². The summed E-state index contributed by atoms with van der Waals surface area (Å²) in [5.74, 6) is 0.130. The van der Waals surface area contributed by atoms with Gasteiger partial charge in [0.1, 0.15) is 22.9 Å². The van der Waals surface area contributed by atoms with Crippen LogP contribution in [0, 0.1) is 6.92 Å². The lowest BCUT2D eigenvalue weighted by Gasteiger charge is -2.13. The topological polar surface area (TPSA) is 92.5 Å². The molecule has 1 amide bonds. The Kier molecular flexibility index (Phi) is 6.65. The van der Waals surface area contributed by atoms with Gasteiger partial charge in [0.2, 0.25) is 0 Å². The van der Waals surface area contributed by atoms with Gasteiger partial charge in [0, 0.05) is 10.4 Å². The van der Waals surface area contributed by atoms with E-state index >= 15 is 0 Å². The summed E-state index contributed by atoms with van der Waals surface area (Å²) in [4.78, 5) is 13.2. The molecule has 34 heavy (non-hydrogen) atoms. The van der Waals surface area contributed by atoms with Gasteiger partial charge in [-0.05, 0) is 54.3 Å². The maximum atomic E-state index is 13.2. The smallest absolute Gasteiger partial charge is 0.259 e. The van der Waals surface area contributed by atoms with Gasteiger partial charge in [-0.3, -0.25) is 4.79 Å². The first-order valence-electron chi connectivity index (χ1n) is 10.4. The molecule has 0 heterocycles. The molecule has 172 valence electrons. The third-order valence-corrected chi connectivity index (χ3v) is 5.48. The van der Waals surface area contributed by atoms with Gasteiger partial charge < -0.3 is 19.9 Å². The van der Waals surface area contributed by atoms with Crippen molar-refractivity contribution in [3.63, 3.8) is 0 Å². The van der Waals surface area contributed by atoms with Crippen LogP contribution in [-0.2, 0) is 0 Å². The molecule has 0 radical (unpaired) electrons. The van der Waals surface area contributed by atoms with Crippen molar-refractivity contribution in [2.75, 3.05) is 19.5 Å². The summed E-state index contributed by atoms with van der Waals surface area (Å²) in [5, 5.41) is 24.2. The number of phenolic OH excluding ortho intramolecular Hbond substituents is 1. The van der Waals surface area contributed by atoms with Crippen LogP contribution in [0.15, 0.2) is 77.0 Å². The highest BCUT2D eigenvalue weighted by molar-refractivity contribution is 6.31. The van der Waals surface area contributed by atoms with Crippen molar-refractivity contribution in [3.05, 3.63) is 82.9 Å². The lowest BCUT2D eigenvalue weighted by molar-refractivity contribution is 0.102. The molecule has 0 bridgehead atoms. The number of aryl methyl sites for hydroxylation is 1. The molecule has 0 saturated carbocycles. The number of aromatic hydroxyl groups is 1. The molecular formula is C26H22ClN3O4. The minimum absolute atomic E-state index is 0.0332. The molecule has 0 fully saturated rings. The van der Waals surface area contributed by atoms with E-state index in [9.17, 15) is 9.90 Å². The van der Waals surface area contributed by atoms with E-state index in [2.05, 4.69) is 15.5 Å². The van der Waals surface area contributed by atoms with Crippen molar-refractivity contribution in [2.24, 2.45) is 10.2 Å². The number of amides is 1. The third-order valence-electron chi connectivity index (χ3n) is 5.24. The highest BCUT2D eigenvalue weighted by Gasteiger charge is 2.20. The Morgan fingerprint density at radius 3 is 2.44 bits per heavy atom. The molecule has 0 saturated heterocycles. The molecule has 4 rings (SSSR count). The number of rotatable bonds is 6. The number of phenols is 1. The average Bonchev–Trinajstić information content (AvgIpc) is 2.83. The Hall–Kier alpha value is -4.10. The van der Waals surface area contributed by atoms with Crippen LogP contribution < -0.4 is 14.8 Å². The second kappa shape index (κ2) is 9.80. The van der Waals surface area contributed by atoms with Gasteiger partial charge in [-0.2, -0.15) is 0 Å². The third kappa shape index (κ3) is 4.65. The van der Waals surface area contributed by atoms with Crippen LogP contribution >= 0.6 is 11.6 Å². The second-order valence-corrected chi connectivity index (χ2v) is 7.95. The van der Waals surface area contributed by atoms with Crippen molar-refractivity contribution < 1.29 is 19.4 Å². The quantitative estimate of drug-likeness (QED) is 0.288. The van der Waals surface area contributed by atoms with Crippen LogP contribution in [-0.4, -0.2) is 25.2 Å². The van der Waals surface area contributed by atoms with Crippen molar-refractivity contribution in [2.45, 2.75) is 6.92 Å². The fraction of sp³-hybridized carbons (Fsp3) is 0.115. The van der Waals surface area contributed by atoms with Crippen LogP contribution in [0.2, 0.25) is 5.02 Å². The van der Waals surface area contributed by atoms with E-state index in [1.54, 1.807) is 43.5 Å². The molecule has 0 unspecified atom stereocenters. The van der Waals surface area contributed by atoms with Crippen LogP contribution in [0.4, 0.5) is 17.1 Å². The van der Waals surface area contributed by atoms with Crippen molar-refractivity contribution >= 4 is 45.3 Å². The van der Waals surface area contributed by atoms with E-state index in [0.717, 1.165) is 5.56 Å². The first kappa shape index (κ1) is 23.1. The summed E-state index contributed by atoms with van der Waals surface area (Å²) in [7, 11) is 3.04. The van der Waals surface area contributed by atoms with Crippen molar-refractivity contribution in [3.8, 4) is 17.2 Å². The number of carbonyl (C=O) groups excluding carboxylic acids is 1. The number of hydrogen-bond donors (Lipinski definition) is 2. The van der Waals surface area contributed by atoms with Crippen LogP contribution in [0.5, 0.6) is 17.2 Å². The molecule has 0 aliphatic rings. The molecular weight excluding hydrogens is 454 g/mol. The van der Waals surface area contributed by atoms with Gasteiger partial charge in [0.15, 0.2) is 5.75 Å². The largest absolute Gasteiger partial charge is 0.505 e. The highest BCUT2D eigenvalue weighted by Crippen LogP contribution is 2.41. The van der Waals surface area contributed by atoms with Gasteiger partial charge in [0.05, 0.1) is 25.5 Å². The Morgan fingerprint density at radius 2 is 1.68 bits per heavy atom. The van der Waals surface area contributed by atoms with E-state index in [1.807, 2.05) is 37.3 Å². The summed E-state index contributed by atoms with van der Waals surface area (Å²) >= 11 is 6.08. The zero-order valence-corrected chi connectivity index (χ0v) is 19.6. The Morgan fingerprint density at radius 1 is 0.941 bits per heavy atom. The highest BCUT2D eigenvalue weighted by atomic mass is 35.5. The van der Waals surface area contributed by atoms with E-state index < -0.39 is 5.91 Å². The molecule has 0 aliphatic heterocycles. The van der Waals surface area contributed by atoms with Gasteiger partial charge in [-0.25, -0.2) is 0 Å². The molecule has 2 N–H and O–H groups in total. The Labute approximate surface area is 201 Å². The minimum atomic E-state index is -0.548. The standard InChI is InChI=1S/C26H22ClN3O4/c1-15-8-10-23(34-3)21(12-15)29-30-24-18-7-5-4-6-16(18)13-19(25(24)31)26(32)28-20-14-17(27)9-11-22(20)33-2/h4-14,31H,1-3H3,(H,28,32). The van der Waals surface area contributed by atoms with Crippen LogP contribution in [0.1, 0.15) is 15.9 Å². The summed E-state index contributed by atoms with van der Waals surface area (Å²) in [6.07, 6.45) is 0. The van der Waals surface area contributed by atoms with E-state index in [4.69, 9.17) is 21.1 Å². The fourth-order valence-electron chi connectivity index (χ4n) is 3.54. The summed E-state index contributed by atoms with van der Waals surface area (Å²) in [6.45, 7) is 1.93. The van der Waals surface area contributed by atoms with E-state index in [0.29, 0.717) is 38.7 Å². The monoisotopic (exact) mass is 475 g/mol. The average molecular weight is 476 g/mol. The van der Waals surface area contributed by atoms with E-state index in [-0.39, 0.29) is 17.0 Å². The molecule has 0 atom stereocenters. The zero-order chi connectivity index (χ0) is 24.2. The molecule has 0 spiro atoms. The first-order valence-corrected chi connectivity index (χ1v) is 10.7. The lowest BCUT2D eigenvalue weighted by Crippen LogP contribution is -2.13. The maximum Gasteiger partial charge on any atom is 0.259 e. The molecule has 4 aromatic carbocycles. The number of azo groups is 1. The number of anilines is 1. The second-order valence-electron chi connectivity index (χ2n) is 7.52. The summed E-state index contributed by atoms with van der Waals surface area (Å²) in [6, 6.07) is 19.3. The van der Waals surface area contributed by atoms with Crippen LogP contribution in [0.25, 0.3) is 10.8 Å². The van der Waals surface area contributed by atoms with Gasteiger partial charge >= 0.3 is 0 Å². The number of nitrogens with zero attached hydrogens (tertiary/aromatic N) is 2. The molecule has 8 heteroatoms. The first-order chi connectivity index (χ1) is 16.4. The lowest BCUT2D eigenvalue weighted by atomic mass is 10.0. The molecule has 4 aromatic rings. The Bertz CT molecular complexity index is 1420. The fourth-order valence-corrected chi connectivity index (χ4v) is 3.71. The van der Waals surface area contributed by atoms with Crippen LogP contribution in [0.3, 0.4) is 0 Å². The van der Waals surface area contributed by atoms with E-state index in [1.165, 1.54) is 7.11 Å². The number of methoxy groups -OCH3 is 2. The predicted molar refractivity (Wildman–Crippen MR) is 133 cm³/mol. The van der Waals surface area contributed by atoms with Gasteiger partial charge in [-0.15, -0.1) is 10.2 Å². The molecule has 0 aliphatic carbocycles. The van der Waals surface area contributed by atoms with Gasteiger partial charge in [0.25, 0.3) is 5.91 Å². The number of ether oxygens (including phenoxy) is 2. The minimum Gasteiger partial charge on any atom is -0.505 e. The molecule has 7 nitrogen and oxygen atoms in total. The number of halogens is 1. The summed E-state index contributed by atoms with van der Waals surface area (Å²) in [5.41, 5.74) is 2.06. The predicted octanol–water partition coefficient (Wildman–Crippen LogP) is 7.19. The van der Waals surface area contributed by atoms with Crippen molar-refractivity contribution in [1.29, 1.82) is 0 Å². The maximum absolute atomic E-state index is 13.2. The van der Waals surface area contributed by atoms with Gasteiger partial charge in [-0.1, -0.05) is 41.9 Å². The summed E-state index contributed by atoms with van der Waals surface area (Å²) < 4.78 is 10.7. The number of nitrogens with one attached hydrogen (secondary N) is 1. The molecule has 0 aromatic heterocycles. The zero-order valence-electron chi connectivity index (χ0n) is 18.8.